The van der Waals surface area contributed by atoms with Gasteiger partial charge in [0.2, 0.25) is 0 Å². The molecule has 4 nitrogen and oxygen atoms in total. The fraction of sp³-hybridized carbons (Fsp3) is 0.450. The molecular weight excluding hydrogens is 360 g/mol. The number of piperazine rings is 1. The molecule has 0 bridgehead atoms. The average Bonchev–Trinajstić information content (AvgIpc) is 3.13. The minimum atomic E-state index is 0.270. The van der Waals surface area contributed by atoms with Gasteiger partial charge >= 0.3 is 0 Å². The van der Waals surface area contributed by atoms with Gasteiger partial charge in [-0.25, -0.2) is 0 Å². The number of hydrogen-bond donors (Lipinski definition) is 4. The SMILES string of the molecule is Cc1ccccc1NC(=S)N[C@@H](C)[C@H](c1cccs1)[NH+]1CC[NH+](C)CC1. The Labute approximate surface area is 166 Å². The number of thiophene rings is 1. The van der Waals surface area contributed by atoms with Gasteiger partial charge in [-0.2, -0.15) is 0 Å². The van der Waals surface area contributed by atoms with Crippen LogP contribution >= 0.6 is 23.6 Å². The molecule has 140 valence electrons. The number of quaternary nitrogens is 2. The molecule has 1 aliphatic rings. The highest BCUT2D eigenvalue weighted by molar-refractivity contribution is 7.80. The Bertz CT molecular complexity index is 708. The fourth-order valence-electron chi connectivity index (χ4n) is 3.74. The lowest BCUT2D eigenvalue weighted by Gasteiger charge is -2.36. The zero-order valence-corrected chi connectivity index (χ0v) is 17.5. The first-order valence-corrected chi connectivity index (χ1v) is 10.7. The van der Waals surface area contributed by atoms with Crippen LogP contribution in [0, 0.1) is 6.92 Å². The first-order valence-electron chi connectivity index (χ1n) is 9.37. The summed E-state index contributed by atoms with van der Waals surface area (Å²) in [6.45, 7) is 9.23. The molecule has 2 heterocycles. The maximum Gasteiger partial charge on any atom is 0.171 e. The van der Waals surface area contributed by atoms with Crippen molar-refractivity contribution in [2.24, 2.45) is 0 Å². The molecule has 1 fully saturated rings. The van der Waals surface area contributed by atoms with Crippen LogP contribution in [-0.4, -0.2) is 44.4 Å². The van der Waals surface area contributed by atoms with E-state index in [-0.39, 0.29) is 6.04 Å². The maximum absolute atomic E-state index is 5.61. The molecule has 0 aliphatic carbocycles. The number of likely N-dealkylation sites (N-methyl/N-ethyl adjacent to an activating group) is 1. The minimum Gasteiger partial charge on any atom is -0.354 e. The van der Waals surface area contributed by atoms with Crippen molar-refractivity contribution < 1.29 is 9.80 Å². The van der Waals surface area contributed by atoms with Crippen LogP contribution in [0.3, 0.4) is 0 Å². The van der Waals surface area contributed by atoms with Crippen LogP contribution in [0.5, 0.6) is 0 Å². The second kappa shape index (κ2) is 8.95. The van der Waals surface area contributed by atoms with Gasteiger partial charge in [-0.3, -0.25) is 0 Å². The largest absolute Gasteiger partial charge is 0.354 e. The van der Waals surface area contributed by atoms with Crippen LogP contribution < -0.4 is 20.4 Å². The van der Waals surface area contributed by atoms with E-state index in [1.165, 1.54) is 36.6 Å². The third-order valence-corrected chi connectivity index (χ3v) is 6.46. The van der Waals surface area contributed by atoms with Gasteiger partial charge < -0.3 is 20.4 Å². The van der Waals surface area contributed by atoms with E-state index in [4.69, 9.17) is 12.2 Å². The summed E-state index contributed by atoms with van der Waals surface area (Å²) >= 11 is 7.46. The molecule has 0 amide bonds. The third-order valence-electron chi connectivity index (χ3n) is 5.29. The molecule has 0 unspecified atom stereocenters. The molecule has 1 aromatic heterocycles. The molecule has 4 N–H and O–H groups in total. The van der Waals surface area contributed by atoms with Gasteiger partial charge in [0.05, 0.1) is 18.0 Å². The third kappa shape index (κ3) is 4.82. The van der Waals surface area contributed by atoms with Gasteiger partial charge in [0.1, 0.15) is 32.2 Å². The molecule has 1 aliphatic heterocycles. The second-order valence-electron chi connectivity index (χ2n) is 7.31. The molecule has 1 saturated heterocycles. The van der Waals surface area contributed by atoms with Crippen molar-refractivity contribution in [3.05, 3.63) is 52.2 Å². The Morgan fingerprint density at radius 2 is 1.85 bits per heavy atom. The van der Waals surface area contributed by atoms with Gasteiger partial charge in [-0.1, -0.05) is 24.3 Å². The number of aryl methyl sites for hydroxylation is 1. The number of rotatable bonds is 5. The Hall–Kier alpha value is -1.47. The monoisotopic (exact) mass is 390 g/mol. The Balaban J connectivity index is 1.68. The predicted molar refractivity (Wildman–Crippen MR) is 114 cm³/mol. The quantitative estimate of drug-likeness (QED) is 0.572. The Morgan fingerprint density at radius 1 is 1.12 bits per heavy atom. The summed E-state index contributed by atoms with van der Waals surface area (Å²) < 4.78 is 0. The average molecular weight is 391 g/mol. The highest BCUT2D eigenvalue weighted by Crippen LogP contribution is 2.20. The summed E-state index contributed by atoms with van der Waals surface area (Å²) in [5.41, 5.74) is 2.27. The van der Waals surface area contributed by atoms with Gasteiger partial charge in [-0.15, -0.1) is 11.3 Å². The van der Waals surface area contributed by atoms with E-state index in [0.717, 1.165) is 5.69 Å². The van der Waals surface area contributed by atoms with E-state index in [0.29, 0.717) is 11.2 Å². The van der Waals surface area contributed by atoms with Gasteiger partial charge in [0.25, 0.3) is 0 Å². The number of para-hydroxylation sites is 1. The number of hydrogen-bond acceptors (Lipinski definition) is 2. The van der Waals surface area contributed by atoms with Crippen molar-refractivity contribution in [1.29, 1.82) is 0 Å². The lowest BCUT2D eigenvalue weighted by molar-refractivity contribution is -1.02. The summed E-state index contributed by atoms with van der Waals surface area (Å²) in [6.07, 6.45) is 0. The van der Waals surface area contributed by atoms with Crippen LogP contribution in [0.4, 0.5) is 5.69 Å². The van der Waals surface area contributed by atoms with Crippen molar-refractivity contribution in [2.75, 3.05) is 38.5 Å². The predicted octanol–water partition coefficient (Wildman–Crippen LogP) is 0.886. The molecule has 2 aromatic rings. The number of nitrogens with one attached hydrogen (secondary N) is 4. The van der Waals surface area contributed by atoms with Crippen molar-refractivity contribution >= 4 is 34.4 Å². The lowest BCUT2D eigenvalue weighted by atomic mass is 10.1. The van der Waals surface area contributed by atoms with Crippen LogP contribution in [0.2, 0.25) is 0 Å². The van der Waals surface area contributed by atoms with Crippen LogP contribution in [-0.2, 0) is 0 Å². The lowest BCUT2D eigenvalue weighted by Crippen LogP contribution is -3.27. The van der Waals surface area contributed by atoms with Crippen LogP contribution in [0.25, 0.3) is 0 Å². The van der Waals surface area contributed by atoms with E-state index in [1.54, 1.807) is 9.80 Å². The molecule has 6 heteroatoms. The molecule has 26 heavy (non-hydrogen) atoms. The summed E-state index contributed by atoms with van der Waals surface area (Å²) in [6, 6.07) is 13.4. The van der Waals surface area contributed by atoms with E-state index < -0.39 is 0 Å². The summed E-state index contributed by atoms with van der Waals surface area (Å²) in [5, 5.41) is 9.80. The first-order chi connectivity index (χ1) is 12.5. The molecule has 0 radical (unpaired) electrons. The van der Waals surface area contributed by atoms with E-state index in [9.17, 15) is 0 Å². The van der Waals surface area contributed by atoms with Crippen molar-refractivity contribution in [2.45, 2.75) is 25.9 Å². The number of anilines is 1. The van der Waals surface area contributed by atoms with Crippen LogP contribution in [0.15, 0.2) is 41.8 Å². The van der Waals surface area contributed by atoms with E-state index in [2.05, 4.69) is 61.2 Å². The Morgan fingerprint density at radius 3 is 2.50 bits per heavy atom. The van der Waals surface area contributed by atoms with E-state index >= 15 is 0 Å². The first kappa shape index (κ1) is 19.3. The zero-order valence-electron chi connectivity index (χ0n) is 15.8. The molecule has 0 spiro atoms. The molecule has 3 rings (SSSR count). The van der Waals surface area contributed by atoms with Crippen molar-refractivity contribution in [3.8, 4) is 0 Å². The summed E-state index contributed by atoms with van der Waals surface area (Å²) in [7, 11) is 2.29. The van der Waals surface area contributed by atoms with Gasteiger partial charge in [0.15, 0.2) is 5.11 Å². The maximum atomic E-state index is 5.61. The molecule has 2 atom stereocenters. The molecule has 1 aromatic carbocycles. The minimum absolute atomic E-state index is 0.270. The fourth-order valence-corrected chi connectivity index (χ4v) is 5.02. The zero-order chi connectivity index (χ0) is 18.5. The van der Waals surface area contributed by atoms with Crippen molar-refractivity contribution in [3.63, 3.8) is 0 Å². The number of benzene rings is 1. The van der Waals surface area contributed by atoms with Crippen molar-refractivity contribution in [1.82, 2.24) is 5.32 Å². The summed E-state index contributed by atoms with van der Waals surface area (Å²) in [5.74, 6) is 0. The number of thiocarbonyl (C=S) groups is 1. The standard InChI is InChI=1S/C20H28N4S2/c1-15-7-4-5-8-17(15)22-20(25)21-16(2)19(18-9-6-14-26-18)24-12-10-23(3)11-13-24/h4-9,14,16,19H,10-13H2,1-3H3,(H2,21,22,25)/p+2/t16-,19+/m0/s1. The topological polar surface area (TPSA) is 32.9 Å². The highest BCUT2D eigenvalue weighted by atomic mass is 32.1. The second-order valence-corrected chi connectivity index (χ2v) is 8.70. The normalized spacial score (nSPS) is 22.4. The Kier molecular flexibility index (Phi) is 6.64. The van der Waals surface area contributed by atoms with E-state index in [1.807, 2.05) is 23.5 Å². The van der Waals surface area contributed by atoms with Gasteiger partial charge in [0, 0.05) is 5.69 Å². The molecular formula is C20H30N4S2+2. The van der Waals surface area contributed by atoms with Gasteiger partial charge in [-0.05, 0) is 49.1 Å². The summed E-state index contributed by atoms with van der Waals surface area (Å²) in [4.78, 5) is 4.74. The van der Waals surface area contributed by atoms with Crippen LogP contribution in [0.1, 0.15) is 23.4 Å². The highest BCUT2D eigenvalue weighted by Gasteiger charge is 2.34. The molecule has 0 saturated carbocycles. The smallest absolute Gasteiger partial charge is 0.171 e.